The molecule has 0 radical (unpaired) electrons. The van der Waals surface area contributed by atoms with Crippen molar-refractivity contribution >= 4 is 6.29 Å². The zero-order chi connectivity index (χ0) is 5.86. The zero-order valence-corrected chi connectivity index (χ0v) is 4.16. The van der Waals surface area contributed by atoms with E-state index in [0.717, 1.165) is 0 Å². The van der Waals surface area contributed by atoms with Gasteiger partial charge in [-0.25, -0.2) is 0 Å². The van der Waals surface area contributed by atoms with Gasteiger partial charge < -0.3 is 15.6 Å². The molecule has 0 rings (SSSR count). The third kappa shape index (κ3) is 2.31. The van der Waals surface area contributed by atoms with Gasteiger partial charge in [0.25, 0.3) is 0 Å². The number of aliphatic hydroxyl groups is 1. The third-order valence-electron chi connectivity index (χ3n) is 0.714. The highest BCUT2D eigenvalue weighted by Gasteiger charge is 2.04. The van der Waals surface area contributed by atoms with Gasteiger partial charge in [0.15, 0.2) is 0 Å². The Labute approximate surface area is 42.1 Å². The molecule has 3 N–H and O–H groups in total. The lowest BCUT2D eigenvalue weighted by molar-refractivity contribution is -0.110. The Morgan fingerprint density at radius 1 is 1.86 bits per heavy atom. The molecular formula is C4H9NO2. The standard InChI is InChI=1S/C4H9NO2/c1-3(7)4(5)2-6/h2-4,7H,5H2,1H3/t3-,4+/m0/s1. The number of carbonyl (C=O) groups is 1. The molecule has 0 amide bonds. The number of nitrogens with two attached hydrogens (primary N) is 1. The van der Waals surface area contributed by atoms with E-state index in [1.807, 2.05) is 0 Å². The smallest absolute Gasteiger partial charge is 0.139 e. The molecule has 0 aliphatic heterocycles. The maximum atomic E-state index is 9.66. The molecule has 0 aromatic heterocycles. The fraction of sp³-hybridized carbons (Fsp3) is 0.750. The Balaban J connectivity index is 3.33. The van der Waals surface area contributed by atoms with Gasteiger partial charge in [0.1, 0.15) is 6.29 Å². The van der Waals surface area contributed by atoms with E-state index in [4.69, 9.17) is 10.8 Å². The lowest BCUT2D eigenvalue weighted by atomic mass is 10.2. The van der Waals surface area contributed by atoms with Crippen LogP contribution in [0.3, 0.4) is 0 Å². The highest BCUT2D eigenvalue weighted by Crippen LogP contribution is 1.80. The monoisotopic (exact) mass is 103 g/mol. The first kappa shape index (κ1) is 6.59. The number of hydrogen-bond donors (Lipinski definition) is 2. The molecule has 0 unspecified atom stereocenters. The molecule has 0 heterocycles. The second kappa shape index (κ2) is 2.71. The van der Waals surface area contributed by atoms with Crippen LogP contribution in [0.4, 0.5) is 0 Å². The van der Waals surface area contributed by atoms with Gasteiger partial charge in [-0.3, -0.25) is 0 Å². The van der Waals surface area contributed by atoms with Gasteiger partial charge in [0, 0.05) is 0 Å². The fourth-order valence-electron chi connectivity index (χ4n) is 0.114. The molecule has 0 aromatic rings. The van der Waals surface area contributed by atoms with Crippen LogP contribution in [0.5, 0.6) is 0 Å². The Kier molecular flexibility index (Phi) is 2.55. The van der Waals surface area contributed by atoms with E-state index in [-0.39, 0.29) is 0 Å². The van der Waals surface area contributed by atoms with Gasteiger partial charge >= 0.3 is 0 Å². The summed E-state index contributed by atoms with van der Waals surface area (Å²) in [6, 6.07) is -0.722. The SMILES string of the molecule is C[C@H](O)[C@H](N)C=O. The van der Waals surface area contributed by atoms with Crippen LogP contribution in [-0.2, 0) is 4.79 Å². The predicted molar refractivity (Wildman–Crippen MR) is 25.7 cm³/mol. The summed E-state index contributed by atoms with van der Waals surface area (Å²) >= 11 is 0. The first-order valence-corrected chi connectivity index (χ1v) is 2.07. The molecule has 0 aromatic carbocycles. The van der Waals surface area contributed by atoms with Crippen LogP contribution in [0.2, 0.25) is 0 Å². The van der Waals surface area contributed by atoms with Crippen LogP contribution in [0, 0.1) is 0 Å². The Morgan fingerprint density at radius 2 is 2.29 bits per heavy atom. The number of hydrogen-bond acceptors (Lipinski definition) is 3. The maximum absolute atomic E-state index is 9.66. The average Bonchev–Trinajstić information content (AvgIpc) is 1.65. The first-order valence-electron chi connectivity index (χ1n) is 2.07. The minimum atomic E-state index is -0.725. The van der Waals surface area contributed by atoms with Crippen molar-refractivity contribution in [2.45, 2.75) is 19.1 Å². The molecular weight excluding hydrogens is 94.0 g/mol. The second-order valence-corrected chi connectivity index (χ2v) is 1.45. The van der Waals surface area contributed by atoms with Crippen LogP contribution >= 0.6 is 0 Å². The Bertz CT molecular complexity index is 62.7. The van der Waals surface area contributed by atoms with E-state index in [1.165, 1.54) is 6.92 Å². The zero-order valence-electron chi connectivity index (χ0n) is 4.16. The molecule has 0 bridgehead atoms. The van der Waals surface area contributed by atoms with Crippen LogP contribution < -0.4 is 5.73 Å². The van der Waals surface area contributed by atoms with Gasteiger partial charge in [-0.2, -0.15) is 0 Å². The number of carbonyl (C=O) groups excluding carboxylic acids is 1. The summed E-state index contributed by atoms with van der Waals surface area (Å²) in [5, 5.41) is 8.46. The maximum Gasteiger partial charge on any atom is 0.139 e. The molecule has 2 atom stereocenters. The highest BCUT2D eigenvalue weighted by atomic mass is 16.3. The summed E-state index contributed by atoms with van der Waals surface area (Å²) < 4.78 is 0. The van der Waals surface area contributed by atoms with E-state index in [1.54, 1.807) is 0 Å². The van der Waals surface area contributed by atoms with Crippen molar-refractivity contribution < 1.29 is 9.90 Å². The van der Waals surface area contributed by atoms with Gasteiger partial charge in [-0.1, -0.05) is 0 Å². The van der Waals surface area contributed by atoms with E-state index < -0.39 is 12.1 Å². The van der Waals surface area contributed by atoms with E-state index in [2.05, 4.69) is 0 Å². The molecule has 0 saturated heterocycles. The Morgan fingerprint density at radius 3 is 2.29 bits per heavy atom. The summed E-state index contributed by atoms with van der Waals surface area (Å²) in [6.45, 7) is 1.47. The van der Waals surface area contributed by atoms with Crippen molar-refractivity contribution in [2.75, 3.05) is 0 Å². The van der Waals surface area contributed by atoms with Crippen LogP contribution in [0.1, 0.15) is 6.92 Å². The fourth-order valence-corrected chi connectivity index (χ4v) is 0.114. The quantitative estimate of drug-likeness (QED) is 0.436. The molecule has 0 spiro atoms. The van der Waals surface area contributed by atoms with Crippen molar-refractivity contribution in [3.63, 3.8) is 0 Å². The average molecular weight is 103 g/mol. The molecule has 7 heavy (non-hydrogen) atoms. The lowest BCUT2D eigenvalue weighted by Crippen LogP contribution is -2.33. The summed E-state index contributed by atoms with van der Waals surface area (Å²) in [5.41, 5.74) is 5.00. The summed E-state index contributed by atoms with van der Waals surface area (Å²) in [4.78, 5) is 9.66. The van der Waals surface area contributed by atoms with Crippen molar-refractivity contribution in [1.82, 2.24) is 0 Å². The van der Waals surface area contributed by atoms with Gasteiger partial charge in [-0.05, 0) is 6.92 Å². The molecule has 3 nitrogen and oxygen atoms in total. The second-order valence-electron chi connectivity index (χ2n) is 1.45. The first-order chi connectivity index (χ1) is 3.18. The van der Waals surface area contributed by atoms with Crippen LogP contribution in [0.25, 0.3) is 0 Å². The Hall–Kier alpha value is -0.410. The molecule has 0 aliphatic rings. The van der Waals surface area contributed by atoms with E-state index >= 15 is 0 Å². The van der Waals surface area contributed by atoms with E-state index in [9.17, 15) is 4.79 Å². The molecule has 3 heteroatoms. The lowest BCUT2D eigenvalue weighted by Gasteiger charge is -2.03. The highest BCUT2D eigenvalue weighted by molar-refractivity contribution is 5.57. The summed E-state index contributed by atoms with van der Waals surface area (Å²) in [7, 11) is 0. The van der Waals surface area contributed by atoms with Crippen molar-refractivity contribution in [2.24, 2.45) is 5.73 Å². The van der Waals surface area contributed by atoms with E-state index in [0.29, 0.717) is 6.29 Å². The summed E-state index contributed by atoms with van der Waals surface area (Å²) in [6.07, 6.45) is -0.206. The molecule has 0 fully saturated rings. The third-order valence-corrected chi connectivity index (χ3v) is 0.714. The van der Waals surface area contributed by atoms with Crippen molar-refractivity contribution in [1.29, 1.82) is 0 Å². The predicted octanol–water partition coefficient (Wildman–Crippen LogP) is -1.11. The minimum absolute atomic E-state index is 0.519. The number of aliphatic hydroxyl groups excluding tert-OH is 1. The minimum Gasteiger partial charge on any atom is -0.391 e. The van der Waals surface area contributed by atoms with Gasteiger partial charge in [-0.15, -0.1) is 0 Å². The molecule has 0 saturated carbocycles. The van der Waals surface area contributed by atoms with Gasteiger partial charge in [0.2, 0.25) is 0 Å². The largest absolute Gasteiger partial charge is 0.391 e. The van der Waals surface area contributed by atoms with Crippen LogP contribution in [0.15, 0.2) is 0 Å². The number of aldehydes is 1. The molecule has 42 valence electrons. The van der Waals surface area contributed by atoms with Gasteiger partial charge in [0.05, 0.1) is 12.1 Å². The normalized spacial score (nSPS) is 18.1. The topological polar surface area (TPSA) is 63.3 Å². The van der Waals surface area contributed by atoms with Crippen molar-refractivity contribution in [3.8, 4) is 0 Å². The summed E-state index contributed by atoms with van der Waals surface area (Å²) in [5.74, 6) is 0. The number of rotatable bonds is 2. The van der Waals surface area contributed by atoms with Crippen LogP contribution in [-0.4, -0.2) is 23.5 Å². The van der Waals surface area contributed by atoms with Crippen molar-refractivity contribution in [3.05, 3.63) is 0 Å². The molecule has 0 aliphatic carbocycles.